The van der Waals surface area contributed by atoms with Crippen molar-refractivity contribution in [3.63, 3.8) is 0 Å². The van der Waals surface area contributed by atoms with Gasteiger partial charge < -0.3 is 20.1 Å². The number of methoxy groups -OCH3 is 1. The van der Waals surface area contributed by atoms with Crippen LogP contribution in [0, 0.1) is 0 Å². The van der Waals surface area contributed by atoms with Crippen molar-refractivity contribution in [3.05, 3.63) is 84.1 Å². The second-order valence-corrected chi connectivity index (χ2v) is 7.20. The van der Waals surface area contributed by atoms with Gasteiger partial charge in [-0.2, -0.15) is 0 Å². The number of carbonyl (C=O) groups excluding carboxylic acids is 1. The van der Waals surface area contributed by atoms with E-state index in [0.29, 0.717) is 19.5 Å². The minimum Gasteiger partial charge on any atom is -0.395 e. The average molecular weight is 466 g/mol. The van der Waals surface area contributed by atoms with E-state index < -0.39 is 0 Å². The number of nitrogens with zero attached hydrogens (tertiary/aromatic N) is 2. The molecule has 0 fully saturated rings. The van der Waals surface area contributed by atoms with E-state index in [2.05, 4.69) is 22.4 Å². The van der Waals surface area contributed by atoms with E-state index in [1.165, 1.54) is 5.56 Å². The zero-order valence-electron chi connectivity index (χ0n) is 21.1. The lowest BCUT2D eigenvalue weighted by atomic mass is 10.0. The van der Waals surface area contributed by atoms with Crippen molar-refractivity contribution >= 4 is 12.2 Å². The molecule has 3 aromatic rings. The first-order valence-corrected chi connectivity index (χ1v) is 11.8. The number of benzene rings is 2. The van der Waals surface area contributed by atoms with Gasteiger partial charge in [-0.15, -0.1) is 0 Å². The highest BCUT2D eigenvalue weighted by molar-refractivity contribution is 5.64. The normalized spacial score (nSPS) is 10.6. The molecule has 2 N–H and O–H groups in total. The Balaban J connectivity index is 0.000000402. The number of aromatic nitrogens is 1. The molecule has 1 unspecified atom stereocenters. The average Bonchev–Trinajstić information content (AvgIpc) is 2.92. The van der Waals surface area contributed by atoms with Crippen LogP contribution in [-0.4, -0.2) is 43.3 Å². The highest BCUT2D eigenvalue weighted by atomic mass is 16.5. The highest BCUT2D eigenvalue weighted by Crippen LogP contribution is 2.22. The van der Waals surface area contributed by atoms with E-state index in [1.54, 1.807) is 7.11 Å². The number of anilines is 1. The molecule has 6 nitrogen and oxygen atoms in total. The number of pyridine rings is 1. The standard InChI is InChI=1S/C17H21N3O2.C9H12O.C2H6/c1-2-20(8-9-21)17-7-6-16(12-19-17)15-5-3-4-14(10-15)11-18-13-22;1-8(10-2)9-6-4-3-5-7-9;1-2/h3-7,10,12-13,21H,2,8-9,11H2,1H3,(H,18,22);3-8H,1-2H3;1-2H3. The predicted octanol–water partition coefficient (Wildman–Crippen LogP) is 5.23. The van der Waals surface area contributed by atoms with E-state index in [4.69, 9.17) is 9.84 Å². The zero-order chi connectivity index (χ0) is 25.2. The number of hydrogen-bond donors (Lipinski definition) is 2. The molecule has 6 heteroatoms. The maximum absolute atomic E-state index is 10.4. The van der Waals surface area contributed by atoms with E-state index in [9.17, 15) is 4.79 Å². The summed E-state index contributed by atoms with van der Waals surface area (Å²) in [6.07, 6.45) is 2.74. The highest BCUT2D eigenvalue weighted by Gasteiger charge is 2.06. The third-order valence-electron chi connectivity index (χ3n) is 5.10. The van der Waals surface area contributed by atoms with Gasteiger partial charge in [-0.25, -0.2) is 4.98 Å². The molecule has 0 spiro atoms. The fraction of sp³-hybridized carbons (Fsp3) is 0.357. The molecule has 0 saturated heterocycles. The van der Waals surface area contributed by atoms with Crippen LogP contribution in [0.25, 0.3) is 11.1 Å². The molecular formula is C28H39N3O3. The Morgan fingerprint density at radius 2 is 1.79 bits per heavy atom. The fourth-order valence-electron chi connectivity index (χ4n) is 3.18. The van der Waals surface area contributed by atoms with Gasteiger partial charge in [0.05, 0.1) is 12.7 Å². The van der Waals surface area contributed by atoms with Gasteiger partial charge in [0.15, 0.2) is 0 Å². The first-order chi connectivity index (χ1) is 16.6. The first-order valence-electron chi connectivity index (χ1n) is 11.8. The molecule has 184 valence electrons. The summed E-state index contributed by atoms with van der Waals surface area (Å²) in [5.41, 5.74) is 4.36. The fourth-order valence-corrected chi connectivity index (χ4v) is 3.18. The SMILES string of the molecule is CC.CCN(CCO)c1ccc(-c2cccc(CNC=O)c2)cn1.COC(C)c1ccccc1. The molecule has 3 rings (SSSR count). The van der Waals surface area contributed by atoms with Crippen LogP contribution in [0.5, 0.6) is 0 Å². The summed E-state index contributed by atoms with van der Waals surface area (Å²) < 4.78 is 5.14. The van der Waals surface area contributed by atoms with Gasteiger partial charge in [0.1, 0.15) is 5.82 Å². The maximum Gasteiger partial charge on any atom is 0.207 e. The monoisotopic (exact) mass is 465 g/mol. The summed E-state index contributed by atoms with van der Waals surface area (Å²) in [7, 11) is 1.72. The first kappa shape index (κ1) is 28.8. The topological polar surface area (TPSA) is 74.7 Å². The molecule has 0 saturated carbocycles. The van der Waals surface area contributed by atoms with E-state index in [1.807, 2.05) is 93.4 Å². The summed E-state index contributed by atoms with van der Waals surface area (Å²) in [5, 5.41) is 11.7. The molecule has 1 atom stereocenters. The predicted molar refractivity (Wildman–Crippen MR) is 141 cm³/mol. The molecule has 1 heterocycles. The van der Waals surface area contributed by atoms with Crippen LogP contribution in [0.2, 0.25) is 0 Å². The van der Waals surface area contributed by atoms with Crippen LogP contribution in [0.15, 0.2) is 72.9 Å². The van der Waals surface area contributed by atoms with Crippen LogP contribution in [0.1, 0.15) is 44.9 Å². The van der Waals surface area contributed by atoms with Gasteiger partial charge in [0.2, 0.25) is 6.41 Å². The summed E-state index contributed by atoms with van der Waals surface area (Å²) >= 11 is 0. The van der Waals surface area contributed by atoms with Gasteiger partial charge in [-0.3, -0.25) is 4.79 Å². The third-order valence-corrected chi connectivity index (χ3v) is 5.10. The van der Waals surface area contributed by atoms with Crippen molar-refractivity contribution in [3.8, 4) is 11.1 Å². The van der Waals surface area contributed by atoms with Crippen LogP contribution < -0.4 is 10.2 Å². The number of carbonyl (C=O) groups is 1. The number of hydrogen-bond acceptors (Lipinski definition) is 5. The Kier molecular flexibility index (Phi) is 14.6. The Hall–Kier alpha value is -3.22. The zero-order valence-corrected chi connectivity index (χ0v) is 21.1. The summed E-state index contributed by atoms with van der Waals surface area (Å²) in [6.45, 7) is 10.1. The largest absolute Gasteiger partial charge is 0.395 e. The number of amides is 1. The van der Waals surface area contributed by atoms with Crippen LogP contribution in [0.4, 0.5) is 5.82 Å². The Bertz CT molecular complexity index is 918. The lowest BCUT2D eigenvalue weighted by molar-refractivity contribution is -0.109. The van der Waals surface area contributed by atoms with Crippen LogP contribution in [-0.2, 0) is 16.1 Å². The van der Waals surface area contributed by atoms with Crippen molar-refractivity contribution < 1.29 is 14.6 Å². The lowest BCUT2D eigenvalue weighted by Crippen LogP contribution is -2.26. The molecule has 0 bridgehead atoms. The van der Waals surface area contributed by atoms with Crippen molar-refractivity contribution in [2.45, 2.75) is 40.3 Å². The number of ether oxygens (including phenoxy) is 1. The van der Waals surface area contributed by atoms with Gasteiger partial charge >= 0.3 is 0 Å². The quantitative estimate of drug-likeness (QED) is 0.401. The number of likely N-dealkylation sites (N-methyl/N-ethyl adjacent to an activating group) is 1. The summed E-state index contributed by atoms with van der Waals surface area (Å²) in [5.74, 6) is 0.860. The number of aliphatic hydroxyl groups excluding tert-OH is 1. The number of rotatable bonds is 10. The molecule has 34 heavy (non-hydrogen) atoms. The molecule has 0 aliphatic rings. The second kappa shape index (κ2) is 17.3. The Morgan fingerprint density at radius 1 is 1.06 bits per heavy atom. The van der Waals surface area contributed by atoms with Crippen molar-refractivity contribution in [2.24, 2.45) is 0 Å². The molecule has 1 aromatic heterocycles. The van der Waals surface area contributed by atoms with Crippen molar-refractivity contribution in [1.29, 1.82) is 0 Å². The van der Waals surface area contributed by atoms with Gasteiger partial charge in [-0.1, -0.05) is 62.4 Å². The van der Waals surface area contributed by atoms with Crippen molar-refractivity contribution in [1.82, 2.24) is 10.3 Å². The van der Waals surface area contributed by atoms with Crippen LogP contribution in [0.3, 0.4) is 0 Å². The van der Waals surface area contributed by atoms with Gasteiger partial charge in [-0.05, 0) is 48.7 Å². The number of nitrogens with one attached hydrogen (secondary N) is 1. The minimum absolute atomic E-state index is 0.114. The van der Waals surface area contributed by atoms with E-state index in [-0.39, 0.29) is 12.7 Å². The van der Waals surface area contributed by atoms with E-state index in [0.717, 1.165) is 29.1 Å². The Morgan fingerprint density at radius 3 is 2.35 bits per heavy atom. The van der Waals surface area contributed by atoms with Crippen LogP contribution >= 0.6 is 0 Å². The third kappa shape index (κ3) is 9.73. The molecule has 0 radical (unpaired) electrons. The van der Waals surface area contributed by atoms with Crippen molar-refractivity contribution in [2.75, 3.05) is 31.7 Å². The minimum atomic E-state index is 0.114. The smallest absolute Gasteiger partial charge is 0.207 e. The number of aliphatic hydroxyl groups is 1. The molecule has 0 aliphatic heterocycles. The Labute approximate surface area is 204 Å². The maximum atomic E-state index is 10.4. The molecular weight excluding hydrogens is 426 g/mol. The molecule has 1 amide bonds. The summed E-state index contributed by atoms with van der Waals surface area (Å²) in [4.78, 5) is 16.9. The second-order valence-electron chi connectivity index (χ2n) is 7.20. The summed E-state index contributed by atoms with van der Waals surface area (Å²) in [6, 6.07) is 22.2. The van der Waals surface area contributed by atoms with Gasteiger partial charge in [0.25, 0.3) is 0 Å². The van der Waals surface area contributed by atoms with E-state index >= 15 is 0 Å². The van der Waals surface area contributed by atoms with Gasteiger partial charge in [0, 0.05) is 38.5 Å². The molecule has 0 aliphatic carbocycles. The lowest BCUT2D eigenvalue weighted by Gasteiger charge is -2.20. The molecule has 2 aromatic carbocycles.